The highest BCUT2D eigenvalue weighted by atomic mass is 35.5. The molecule has 0 aliphatic heterocycles. The van der Waals surface area contributed by atoms with E-state index in [1.807, 2.05) is 30.3 Å². The Morgan fingerprint density at radius 3 is 2.54 bits per heavy atom. The molecule has 0 N–H and O–H groups in total. The van der Waals surface area contributed by atoms with Gasteiger partial charge in [0.15, 0.2) is 6.61 Å². The van der Waals surface area contributed by atoms with Gasteiger partial charge < -0.3 is 9.15 Å². The minimum atomic E-state index is -0.301. The standard InChI is InChI=1S/C18H15ClN2O3/c19-15-9-7-14(8-10-15)18-21-20-16(24-18)12-23-17(22)11-6-13-4-2-1-3-5-13/h1-5,7-10H,6,11-12H2. The van der Waals surface area contributed by atoms with Crippen molar-refractivity contribution in [3.05, 3.63) is 71.1 Å². The molecule has 0 aliphatic carbocycles. The molecule has 3 rings (SSSR count). The lowest BCUT2D eigenvalue weighted by molar-refractivity contribution is -0.145. The number of aryl methyl sites for hydroxylation is 1. The van der Waals surface area contributed by atoms with Crippen molar-refractivity contribution in [1.82, 2.24) is 10.2 Å². The van der Waals surface area contributed by atoms with Gasteiger partial charge in [0.05, 0.1) is 0 Å². The van der Waals surface area contributed by atoms with E-state index in [-0.39, 0.29) is 18.5 Å². The second kappa shape index (κ2) is 7.75. The van der Waals surface area contributed by atoms with Crippen LogP contribution in [0.5, 0.6) is 0 Å². The molecule has 2 aromatic carbocycles. The molecule has 6 heteroatoms. The van der Waals surface area contributed by atoms with Crippen molar-refractivity contribution in [2.45, 2.75) is 19.4 Å². The fraction of sp³-hybridized carbons (Fsp3) is 0.167. The second-order valence-corrected chi connectivity index (χ2v) is 5.59. The van der Waals surface area contributed by atoms with Crippen molar-refractivity contribution in [2.75, 3.05) is 0 Å². The summed E-state index contributed by atoms with van der Waals surface area (Å²) in [6.45, 7) is -0.0335. The molecule has 0 unspecified atom stereocenters. The van der Waals surface area contributed by atoms with E-state index in [0.717, 1.165) is 11.1 Å². The number of benzene rings is 2. The minimum absolute atomic E-state index is 0.0335. The molecule has 0 aliphatic rings. The number of esters is 1. The molecule has 122 valence electrons. The van der Waals surface area contributed by atoms with Crippen LogP contribution >= 0.6 is 11.6 Å². The monoisotopic (exact) mass is 342 g/mol. The third kappa shape index (κ3) is 4.43. The Kier molecular flexibility index (Phi) is 5.23. The zero-order chi connectivity index (χ0) is 16.8. The van der Waals surface area contributed by atoms with E-state index in [2.05, 4.69) is 10.2 Å². The lowest BCUT2D eigenvalue weighted by Crippen LogP contribution is -2.06. The smallest absolute Gasteiger partial charge is 0.306 e. The van der Waals surface area contributed by atoms with Gasteiger partial charge in [-0.25, -0.2) is 0 Å². The van der Waals surface area contributed by atoms with E-state index in [0.29, 0.717) is 23.8 Å². The van der Waals surface area contributed by atoms with Crippen molar-refractivity contribution in [3.8, 4) is 11.5 Å². The lowest BCUT2D eigenvalue weighted by Gasteiger charge is -2.02. The van der Waals surface area contributed by atoms with E-state index in [1.165, 1.54) is 0 Å². The van der Waals surface area contributed by atoms with E-state index in [9.17, 15) is 4.79 Å². The highest BCUT2D eigenvalue weighted by molar-refractivity contribution is 6.30. The molecule has 0 bridgehead atoms. The molecule has 5 nitrogen and oxygen atoms in total. The highest BCUT2D eigenvalue weighted by Gasteiger charge is 2.11. The molecule has 0 saturated carbocycles. The minimum Gasteiger partial charge on any atom is -0.456 e. The van der Waals surface area contributed by atoms with Crippen LogP contribution in [0.25, 0.3) is 11.5 Å². The van der Waals surface area contributed by atoms with Crippen LogP contribution in [0.4, 0.5) is 0 Å². The second-order valence-electron chi connectivity index (χ2n) is 5.15. The van der Waals surface area contributed by atoms with Gasteiger partial charge in [-0.2, -0.15) is 0 Å². The van der Waals surface area contributed by atoms with Crippen LogP contribution in [0.1, 0.15) is 17.9 Å². The van der Waals surface area contributed by atoms with Crippen LogP contribution in [0.15, 0.2) is 59.0 Å². The van der Waals surface area contributed by atoms with Crippen LogP contribution in [0.3, 0.4) is 0 Å². The van der Waals surface area contributed by atoms with Crippen LogP contribution in [0, 0.1) is 0 Å². The van der Waals surface area contributed by atoms with Crippen LogP contribution in [-0.4, -0.2) is 16.2 Å². The Bertz CT molecular complexity index is 801. The predicted octanol–water partition coefficient (Wildman–Crippen LogP) is 4.07. The van der Waals surface area contributed by atoms with Gasteiger partial charge in [-0.15, -0.1) is 10.2 Å². The zero-order valence-electron chi connectivity index (χ0n) is 12.8. The van der Waals surface area contributed by atoms with Crippen molar-refractivity contribution in [1.29, 1.82) is 0 Å². The molecule has 1 aromatic heterocycles. The fourth-order valence-corrected chi connectivity index (χ4v) is 2.25. The van der Waals surface area contributed by atoms with Crippen molar-refractivity contribution >= 4 is 17.6 Å². The molecule has 0 amide bonds. The largest absolute Gasteiger partial charge is 0.456 e. The summed E-state index contributed by atoms with van der Waals surface area (Å²) in [6, 6.07) is 16.8. The molecule has 0 fully saturated rings. The zero-order valence-corrected chi connectivity index (χ0v) is 13.6. The maximum Gasteiger partial charge on any atom is 0.306 e. The highest BCUT2D eigenvalue weighted by Crippen LogP contribution is 2.20. The van der Waals surface area contributed by atoms with E-state index < -0.39 is 0 Å². The summed E-state index contributed by atoms with van der Waals surface area (Å²) in [5.74, 6) is 0.320. The summed E-state index contributed by atoms with van der Waals surface area (Å²) in [6.07, 6.45) is 0.946. The molecular formula is C18H15ClN2O3. The number of carbonyl (C=O) groups excluding carboxylic acids is 1. The van der Waals surface area contributed by atoms with E-state index in [1.54, 1.807) is 24.3 Å². The number of rotatable bonds is 6. The molecular weight excluding hydrogens is 328 g/mol. The molecule has 1 heterocycles. The summed E-state index contributed by atoms with van der Waals surface area (Å²) >= 11 is 5.84. The Morgan fingerprint density at radius 1 is 1.04 bits per heavy atom. The maximum atomic E-state index is 11.8. The van der Waals surface area contributed by atoms with Gasteiger partial charge in [-0.1, -0.05) is 41.9 Å². The van der Waals surface area contributed by atoms with Gasteiger partial charge in [-0.3, -0.25) is 4.79 Å². The number of halogens is 1. The summed E-state index contributed by atoms with van der Waals surface area (Å²) < 4.78 is 10.6. The first-order valence-corrected chi connectivity index (χ1v) is 7.86. The maximum absolute atomic E-state index is 11.8. The van der Waals surface area contributed by atoms with Crippen LogP contribution in [0.2, 0.25) is 5.02 Å². The molecule has 0 atom stereocenters. The molecule has 0 radical (unpaired) electrons. The third-order valence-electron chi connectivity index (χ3n) is 3.38. The van der Waals surface area contributed by atoms with Gasteiger partial charge in [-0.05, 0) is 36.2 Å². The van der Waals surface area contributed by atoms with Gasteiger partial charge in [0.2, 0.25) is 5.89 Å². The average Bonchev–Trinajstić information content (AvgIpc) is 3.09. The first-order valence-electron chi connectivity index (χ1n) is 7.48. The normalized spacial score (nSPS) is 10.5. The number of hydrogen-bond donors (Lipinski definition) is 0. The number of ether oxygens (including phenoxy) is 1. The summed E-state index contributed by atoms with van der Waals surface area (Å²) in [5.41, 5.74) is 1.85. The summed E-state index contributed by atoms with van der Waals surface area (Å²) in [7, 11) is 0. The number of nitrogens with zero attached hydrogens (tertiary/aromatic N) is 2. The SMILES string of the molecule is O=C(CCc1ccccc1)OCc1nnc(-c2ccc(Cl)cc2)o1. The van der Waals surface area contributed by atoms with Gasteiger partial charge >= 0.3 is 5.97 Å². The Hall–Kier alpha value is -2.66. The fourth-order valence-electron chi connectivity index (χ4n) is 2.13. The van der Waals surface area contributed by atoms with E-state index in [4.69, 9.17) is 20.8 Å². The Labute approximate surface area is 144 Å². The number of carbonyl (C=O) groups is 1. The molecule has 0 spiro atoms. The number of aromatic nitrogens is 2. The topological polar surface area (TPSA) is 65.2 Å². The van der Waals surface area contributed by atoms with Gasteiger partial charge in [0.1, 0.15) is 0 Å². The van der Waals surface area contributed by atoms with Gasteiger partial charge in [0, 0.05) is 17.0 Å². The Balaban J connectivity index is 1.50. The average molecular weight is 343 g/mol. The first kappa shape index (κ1) is 16.2. The first-order chi connectivity index (χ1) is 11.7. The van der Waals surface area contributed by atoms with E-state index >= 15 is 0 Å². The quantitative estimate of drug-likeness (QED) is 0.632. The Morgan fingerprint density at radius 2 is 1.79 bits per heavy atom. The summed E-state index contributed by atoms with van der Waals surface area (Å²) in [5, 5.41) is 8.45. The van der Waals surface area contributed by atoms with Crippen molar-refractivity contribution in [3.63, 3.8) is 0 Å². The molecule has 24 heavy (non-hydrogen) atoms. The van der Waals surface area contributed by atoms with Crippen molar-refractivity contribution in [2.24, 2.45) is 0 Å². The molecule has 3 aromatic rings. The van der Waals surface area contributed by atoms with Crippen molar-refractivity contribution < 1.29 is 13.9 Å². The third-order valence-corrected chi connectivity index (χ3v) is 3.63. The predicted molar refractivity (Wildman–Crippen MR) is 89.3 cm³/mol. The van der Waals surface area contributed by atoms with Gasteiger partial charge in [0.25, 0.3) is 5.89 Å². The van der Waals surface area contributed by atoms with Crippen LogP contribution < -0.4 is 0 Å². The number of hydrogen-bond acceptors (Lipinski definition) is 5. The lowest BCUT2D eigenvalue weighted by atomic mass is 10.1. The molecule has 0 saturated heterocycles. The van der Waals surface area contributed by atoms with Crippen LogP contribution in [-0.2, 0) is 22.6 Å². The summed E-state index contributed by atoms with van der Waals surface area (Å²) in [4.78, 5) is 11.8.